The molecule has 8 heteroatoms. The first-order valence-electron chi connectivity index (χ1n) is 7.18. The van der Waals surface area contributed by atoms with E-state index in [4.69, 9.17) is 0 Å². The molecule has 25 heavy (non-hydrogen) atoms. The Morgan fingerprint density at radius 3 is 2.20 bits per heavy atom. The molecule has 0 spiro atoms. The van der Waals surface area contributed by atoms with Gasteiger partial charge in [-0.05, 0) is 35.9 Å². The number of hydrogen-bond acceptors (Lipinski definition) is 2. The van der Waals surface area contributed by atoms with E-state index in [-0.39, 0.29) is 18.0 Å². The number of halogens is 4. The van der Waals surface area contributed by atoms with Crippen LogP contribution in [0.2, 0.25) is 0 Å². The molecule has 0 heterocycles. The Morgan fingerprint density at radius 1 is 1.00 bits per heavy atom. The summed E-state index contributed by atoms with van der Waals surface area (Å²) in [5.41, 5.74) is -0.295. The van der Waals surface area contributed by atoms with Crippen LogP contribution in [0.5, 0.6) is 0 Å². The highest BCUT2D eigenvalue weighted by Crippen LogP contribution is 2.29. The minimum Gasteiger partial charge on any atom is -0.326 e. The summed E-state index contributed by atoms with van der Waals surface area (Å²) in [6.07, 6.45) is -4.67. The normalized spacial score (nSPS) is 11.1. The fourth-order valence-electron chi connectivity index (χ4n) is 2.09. The highest BCUT2D eigenvalue weighted by atomic mass is 19.4. The van der Waals surface area contributed by atoms with E-state index in [1.807, 2.05) is 0 Å². The summed E-state index contributed by atoms with van der Waals surface area (Å²) < 4.78 is 51.2. The van der Waals surface area contributed by atoms with Crippen molar-refractivity contribution in [1.82, 2.24) is 0 Å². The van der Waals surface area contributed by atoms with Crippen LogP contribution in [0.15, 0.2) is 42.5 Å². The van der Waals surface area contributed by atoms with Gasteiger partial charge in [-0.1, -0.05) is 12.1 Å². The summed E-state index contributed by atoms with van der Waals surface area (Å²) in [6, 6.07) is 7.79. The summed E-state index contributed by atoms with van der Waals surface area (Å²) >= 11 is 0. The van der Waals surface area contributed by atoms with Crippen molar-refractivity contribution < 1.29 is 27.2 Å². The predicted molar refractivity (Wildman–Crippen MR) is 84.5 cm³/mol. The molecule has 2 aromatic carbocycles. The van der Waals surface area contributed by atoms with Crippen LogP contribution in [0.25, 0.3) is 0 Å². The van der Waals surface area contributed by atoms with Crippen LogP contribution in [0.4, 0.5) is 28.9 Å². The Bertz CT molecular complexity index is 786. The molecular formula is C17H14F4N2O2. The topological polar surface area (TPSA) is 58.2 Å². The van der Waals surface area contributed by atoms with Crippen molar-refractivity contribution in [3.63, 3.8) is 0 Å². The summed E-state index contributed by atoms with van der Waals surface area (Å²) in [7, 11) is 0. The smallest absolute Gasteiger partial charge is 0.326 e. The van der Waals surface area contributed by atoms with Crippen molar-refractivity contribution in [2.75, 3.05) is 10.6 Å². The highest BCUT2D eigenvalue weighted by Gasteiger charge is 2.29. The average molecular weight is 354 g/mol. The number of carbonyl (C=O) groups excluding carboxylic acids is 2. The number of amides is 2. The molecule has 0 fully saturated rings. The van der Waals surface area contributed by atoms with Gasteiger partial charge in [0.1, 0.15) is 5.82 Å². The van der Waals surface area contributed by atoms with E-state index in [9.17, 15) is 27.2 Å². The molecule has 0 saturated carbocycles. The van der Waals surface area contributed by atoms with Crippen LogP contribution >= 0.6 is 0 Å². The fourth-order valence-corrected chi connectivity index (χ4v) is 2.09. The van der Waals surface area contributed by atoms with Crippen molar-refractivity contribution in [2.24, 2.45) is 0 Å². The standard InChI is InChI=1S/C17H14F4N2O2/c1-10(24)22-13-6-7-14(18)15(9-13)23-16(25)8-11-2-4-12(5-3-11)17(19,20)21/h2-7,9H,8H2,1H3,(H,22,24)(H,23,25). The molecule has 0 aliphatic carbocycles. The fraction of sp³-hybridized carbons (Fsp3) is 0.176. The summed E-state index contributed by atoms with van der Waals surface area (Å²) in [5, 5.41) is 4.78. The Labute approximate surface area is 140 Å². The largest absolute Gasteiger partial charge is 0.416 e. The maximum absolute atomic E-state index is 13.7. The van der Waals surface area contributed by atoms with Crippen LogP contribution in [0.3, 0.4) is 0 Å². The van der Waals surface area contributed by atoms with Crippen LogP contribution in [-0.4, -0.2) is 11.8 Å². The van der Waals surface area contributed by atoms with E-state index in [0.29, 0.717) is 11.3 Å². The van der Waals surface area contributed by atoms with E-state index in [1.54, 1.807) is 0 Å². The number of hydrogen-bond donors (Lipinski definition) is 2. The van der Waals surface area contributed by atoms with Crippen LogP contribution in [0, 0.1) is 5.82 Å². The van der Waals surface area contributed by atoms with E-state index >= 15 is 0 Å². The van der Waals surface area contributed by atoms with Gasteiger partial charge in [0.25, 0.3) is 0 Å². The lowest BCUT2D eigenvalue weighted by molar-refractivity contribution is -0.137. The maximum Gasteiger partial charge on any atom is 0.416 e. The highest BCUT2D eigenvalue weighted by molar-refractivity contribution is 5.94. The van der Waals surface area contributed by atoms with Gasteiger partial charge < -0.3 is 10.6 Å². The van der Waals surface area contributed by atoms with E-state index in [0.717, 1.165) is 18.2 Å². The van der Waals surface area contributed by atoms with Gasteiger partial charge in [-0.25, -0.2) is 4.39 Å². The molecule has 132 valence electrons. The third-order valence-electron chi connectivity index (χ3n) is 3.21. The third-order valence-corrected chi connectivity index (χ3v) is 3.21. The summed E-state index contributed by atoms with van der Waals surface area (Å²) in [6.45, 7) is 1.28. The second-order valence-electron chi connectivity index (χ2n) is 5.30. The van der Waals surface area contributed by atoms with Gasteiger partial charge in [-0.15, -0.1) is 0 Å². The van der Waals surface area contributed by atoms with Crippen molar-refractivity contribution in [2.45, 2.75) is 19.5 Å². The first kappa shape index (κ1) is 18.4. The molecule has 0 aliphatic heterocycles. The van der Waals surface area contributed by atoms with Gasteiger partial charge in [0.15, 0.2) is 0 Å². The molecule has 0 radical (unpaired) electrons. The molecule has 2 aromatic rings. The molecule has 4 nitrogen and oxygen atoms in total. The van der Waals surface area contributed by atoms with Crippen molar-refractivity contribution in [1.29, 1.82) is 0 Å². The van der Waals surface area contributed by atoms with Gasteiger partial charge in [0.05, 0.1) is 17.7 Å². The zero-order valence-corrected chi connectivity index (χ0v) is 13.1. The van der Waals surface area contributed by atoms with Crippen LogP contribution in [-0.2, 0) is 22.2 Å². The molecule has 0 aromatic heterocycles. The monoisotopic (exact) mass is 354 g/mol. The first-order chi connectivity index (χ1) is 11.6. The van der Waals surface area contributed by atoms with Crippen LogP contribution in [0.1, 0.15) is 18.1 Å². The molecular weight excluding hydrogens is 340 g/mol. The second-order valence-corrected chi connectivity index (χ2v) is 5.30. The maximum atomic E-state index is 13.7. The quantitative estimate of drug-likeness (QED) is 0.816. The summed E-state index contributed by atoms with van der Waals surface area (Å²) in [5.74, 6) is -1.65. The zero-order chi connectivity index (χ0) is 18.6. The molecule has 2 amide bonds. The number of carbonyl (C=O) groups is 2. The second kappa shape index (κ2) is 7.33. The summed E-state index contributed by atoms with van der Waals surface area (Å²) in [4.78, 5) is 23.0. The number of rotatable bonds is 4. The number of alkyl halides is 3. The predicted octanol–water partition coefficient (Wildman–Crippen LogP) is 3.98. The lowest BCUT2D eigenvalue weighted by atomic mass is 10.1. The lowest BCUT2D eigenvalue weighted by Crippen LogP contribution is -2.16. The third kappa shape index (κ3) is 5.30. The Balaban J connectivity index is 2.06. The van der Waals surface area contributed by atoms with Crippen molar-refractivity contribution in [3.8, 4) is 0 Å². The Hall–Kier alpha value is -2.90. The SMILES string of the molecule is CC(=O)Nc1ccc(F)c(NC(=O)Cc2ccc(C(F)(F)F)cc2)c1. The molecule has 2 rings (SSSR count). The van der Waals surface area contributed by atoms with Crippen molar-refractivity contribution in [3.05, 3.63) is 59.4 Å². The molecule has 2 N–H and O–H groups in total. The van der Waals surface area contributed by atoms with Gasteiger partial charge in [-0.2, -0.15) is 13.2 Å². The van der Waals surface area contributed by atoms with E-state index in [1.165, 1.54) is 31.2 Å². The van der Waals surface area contributed by atoms with Crippen LogP contribution < -0.4 is 10.6 Å². The molecule has 0 aliphatic rings. The Kier molecular flexibility index (Phi) is 5.41. The average Bonchev–Trinajstić information content (AvgIpc) is 2.49. The van der Waals surface area contributed by atoms with E-state index < -0.39 is 23.5 Å². The number of anilines is 2. The van der Waals surface area contributed by atoms with Gasteiger partial charge >= 0.3 is 6.18 Å². The van der Waals surface area contributed by atoms with Crippen molar-refractivity contribution >= 4 is 23.2 Å². The molecule has 0 unspecified atom stereocenters. The zero-order valence-electron chi connectivity index (χ0n) is 13.1. The Morgan fingerprint density at radius 2 is 1.64 bits per heavy atom. The molecule has 0 bridgehead atoms. The minimum absolute atomic E-state index is 0.136. The molecule has 0 saturated heterocycles. The molecule has 0 atom stereocenters. The number of benzene rings is 2. The minimum atomic E-state index is -4.45. The number of nitrogens with one attached hydrogen (secondary N) is 2. The van der Waals surface area contributed by atoms with Gasteiger partial charge in [-0.3, -0.25) is 9.59 Å². The van der Waals surface area contributed by atoms with E-state index in [2.05, 4.69) is 10.6 Å². The lowest BCUT2D eigenvalue weighted by Gasteiger charge is -2.10. The van der Waals surface area contributed by atoms with Gasteiger partial charge in [0, 0.05) is 12.6 Å². The van der Waals surface area contributed by atoms with Gasteiger partial charge in [0.2, 0.25) is 11.8 Å². The first-order valence-corrected chi connectivity index (χ1v) is 7.18.